The third kappa shape index (κ3) is 4.86. The molecule has 3 aliphatic heterocycles. The van der Waals surface area contributed by atoms with Crippen LogP contribution in [0.4, 0.5) is 20.2 Å². The summed E-state index contributed by atoms with van der Waals surface area (Å²) < 4.78 is 32.8. The molecule has 0 bridgehead atoms. The molecule has 200 valence electrons. The van der Waals surface area contributed by atoms with Gasteiger partial charge >= 0.3 is 0 Å². The molecule has 3 aromatic rings. The number of piperidine rings is 1. The monoisotopic (exact) mass is 517 g/mol. The minimum Gasteiger partial charge on any atom is -0.497 e. The summed E-state index contributed by atoms with van der Waals surface area (Å²) >= 11 is 0. The Labute approximate surface area is 224 Å². The van der Waals surface area contributed by atoms with Crippen LogP contribution in [0.5, 0.6) is 5.75 Å². The Morgan fingerprint density at radius 1 is 0.947 bits per heavy atom. The average molecular weight is 518 g/mol. The smallest absolute Gasteiger partial charge is 0.123 e. The van der Waals surface area contributed by atoms with Crippen LogP contribution >= 0.6 is 0 Å². The Morgan fingerprint density at radius 3 is 2.34 bits per heavy atom. The van der Waals surface area contributed by atoms with E-state index >= 15 is 0 Å². The van der Waals surface area contributed by atoms with Gasteiger partial charge in [-0.15, -0.1) is 0 Å². The van der Waals surface area contributed by atoms with Crippen molar-refractivity contribution in [1.29, 1.82) is 0 Å². The number of rotatable bonds is 7. The van der Waals surface area contributed by atoms with Crippen molar-refractivity contribution < 1.29 is 13.5 Å². The van der Waals surface area contributed by atoms with E-state index in [0.29, 0.717) is 6.04 Å². The molecule has 2 saturated heterocycles. The Kier molecular flexibility index (Phi) is 7.00. The highest BCUT2D eigenvalue weighted by molar-refractivity contribution is 5.77. The van der Waals surface area contributed by atoms with Crippen molar-refractivity contribution in [3.63, 3.8) is 0 Å². The average Bonchev–Trinajstić information content (AvgIpc) is 3.44. The minimum absolute atomic E-state index is 0.0431. The summed E-state index contributed by atoms with van der Waals surface area (Å²) in [5.74, 6) is 0.549. The summed E-state index contributed by atoms with van der Waals surface area (Å²) in [6, 6.07) is 20.5. The molecule has 3 aromatic carbocycles. The summed E-state index contributed by atoms with van der Waals surface area (Å²) in [4.78, 5) is 5.26. The zero-order valence-corrected chi connectivity index (χ0v) is 22.1. The number of nitrogens with zero attached hydrogens (tertiary/aromatic N) is 2. The molecule has 1 spiro atoms. The van der Waals surface area contributed by atoms with Crippen molar-refractivity contribution >= 4 is 11.4 Å². The SMILES string of the molecule is COc1ccc2c(c1)NC1(CCCN(CCCC(c3ccc(F)cc3)c3ccc(F)cc3)C1)C1CCCN21. The van der Waals surface area contributed by atoms with E-state index in [0.717, 1.165) is 55.9 Å². The largest absolute Gasteiger partial charge is 0.497 e. The second-order valence-corrected chi connectivity index (χ2v) is 11.2. The van der Waals surface area contributed by atoms with Crippen LogP contribution in [-0.4, -0.2) is 49.8 Å². The molecule has 0 radical (unpaired) electrons. The molecule has 38 heavy (non-hydrogen) atoms. The third-order valence-corrected chi connectivity index (χ3v) is 8.90. The second-order valence-electron chi connectivity index (χ2n) is 11.2. The maximum absolute atomic E-state index is 13.6. The summed E-state index contributed by atoms with van der Waals surface area (Å²) in [5, 5.41) is 4.02. The molecule has 2 fully saturated rings. The molecule has 2 atom stereocenters. The van der Waals surface area contributed by atoms with Gasteiger partial charge in [0.05, 0.1) is 30.1 Å². The quantitative estimate of drug-likeness (QED) is 0.372. The van der Waals surface area contributed by atoms with Crippen LogP contribution in [0, 0.1) is 11.6 Å². The van der Waals surface area contributed by atoms with Crippen LogP contribution < -0.4 is 15.0 Å². The highest BCUT2D eigenvalue weighted by atomic mass is 19.1. The number of fused-ring (bicyclic) bond motifs is 4. The molecule has 0 saturated carbocycles. The Bertz CT molecular complexity index is 1200. The van der Waals surface area contributed by atoms with E-state index in [1.165, 1.54) is 61.3 Å². The van der Waals surface area contributed by atoms with E-state index in [2.05, 4.69) is 33.3 Å². The Morgan fingerprint density at radius 2 is 1.66 bits per heavy atom. The normalized spacial score (nSPS) is 22.8. The zero-order valence-electron chi connectivity index (χ0n) is 22.1. The summed E-state index contributed by atoms with van der Waals surface area (Å²) in [6.45, 7) is 4.27. The lowest BCUT2D eigenvalue weighted by molar-refractivity contribution is 0.139. The Balaban J connectivity index is 1.17. The highest BCUT2D eigenvalue weighted by Crippen LogP contribution is 2.47. The van der Waals surface area contributed by atoms with E-state index in [1.54, 1.807) is 7.11 Å². The van der Waals surface area contributed by atoms with E-state index in [9.17, 15) is 8.78 Å². The fourth-order valence-corrected chi connectivity index (χ4v) is 7.15. The number of anilines is 2. The minimum atomic E-state index is -0.231. The molecule has 4 nitrogen and oxygen atoms in total. The van der Waals surface area contributed by atoms with Gasteiger partial charge in [0.25, 0.3) is 0 Å². The van der Waals surface area contributed by atoms with Gasteiger partial charge in [0.1, 0.15) is 17.4 Å². The number of methoxy groups -OCH3 is 1. The fraction of sp³-hybridized carbons (Fsp3) is 0.438. The van der Waals surface area contributed by atoms with Crippen molar-refractivity contribution in [3.05, 3.63) is 89.5 Å². The first-order valence-electron chi connectivity index (χ1n) is 14.0. The van der Waals surface area contributed by atoms with Gasteiger partial charge in [-0.2, -0.15) is 0 Å². The topological polar surface area (TPSA) is 27.7 Å². The number of halogens is 2. The predicted octanol–water partition coefficient (Wildman–Crippen LogP) is 6.81. The van der Waals surface area contributed by atoms with E-state index in [-0.39, 0.29) is 23.1 Å². The maximum atomic E-state index is 13.6. The van der Waals surface area contributed by atoms with E-state index < -0.39 is 0 Å². The fourth-order valence-electron chi connectivity index (χ4n) is 7.15. The predicted molar refractivity (Wildman–Crippen MR) is 149 cm³/mol. The van der Waals surface area contributed by atoms with Gasteiger partial charge in [-0.05, 0) is 99.1 Å². The molecule has 0 amide bonds. The van der Waals surface area contributed by atoms with Crippen LogP contribution in [0.3, 0.4) is 0 Å². The first-order valence-corrected chi connectivity index (χ1v) is 14.0. The summed E-state index contributed by atoms with van der Waals surface area (Å²) in [5.41, 5.74) is 4.69. The molecule has 6 heteroatoms. The molecule has 0 aromatic heterocycles. The van der Waals surface area contributed by atoms with Crippen LogP contribution in [0.2, 0.25) is 0 Å². The lowest BCUT2D eigenvalue weighted by atomic mass is 9.78. The number of nitrogens with one attached hydrogen (secondary N) is 1. The number of hydrogen-bond donors (Lipinski definition) is 1. The summed E-state index contributed by atoms with van der Waals surface area (Å²) in [7, 11) is 1.73. The standard InChI is InChI=1S/C32H37F2N3O/c1-38-27-15-16-30-29(21-27)35-32(31-6-3-20-37(30)31)17-4-19-36(22-32)18-2-5-28(23-7-11-25(33)12-8-23)24-9-13-26(34)14-10-24/h7-16,21,28,31,35H,2-6,17-20,22H2,1H3. The van der Waals surface area contributed by atoms with Crippen LogP contribution in [-0.2, 0) is 0 Å². The van der Waals surface area contributed by atoms with Crippen LogP contribution in [0.25, 0.3) is 0 Å². The second kappa shape index (κ2) is 10.6. The first kappa shape index (κ1) is 25.2. The van der Waals surface area contributed by atoms with Gasteiger partial charge in [0.15, 0.2) is 0 Å². The van der Waals surface area contributed by atoms with Crippen molar-refractivity contribution in [1.82, 2.24) is 4.90 Å². The van der Waals surface area contributed by atoms with Gasteiger partial charge < -0.3 is 19.9 Å². The van der Waals surface area contributed by atoms with Crippen molar-refractivity contribution in [2.75, 3.05) is 43.5 Å². The van der Waals surface area contributed by atoms with Crippen LogP contribution in [0.15, 0.2) is 66.7 Å². The number of ether oxygens (including phenoxy) is 1. The zero-order chi connectivity index (χ0) is 26.1. The lowest BCUT2D eigenvalue weighted by Crippen LogP contribution is -2.65. The van der Waals surface area contributed by atoms with Crippen LogP contribution in [0.1, 0.15) is 55.6 Å². The van der Waals surface area contributed by atoms with Gasteiger partial charge in [-0.25, -0.2) is 8.78 Å². The van der Waals surface area contributed by atoms with E-state index in [4.69, 9.17) is 4.74 Å². The molecule has 1 N–H and O–H groups in total. The molecular weight excluding hydrogens is 480 g/mol. The number of benzene rings is 3. The molecule has 3 aliphatic rings. The van der Waals surface area contributed by atoms with Gasteiger partial charge in [0, 0.05) is 25.1 Å². The summed E-state index contributed by atoms with van der Waals surface area (Å²) in [6.07, 6.45) is 6.77. The highest BCUT2D eigenvalue weighted by Gasteiger charge is 2.50. The molecular formula is C32H37F2N3O. The maximum Gasteiger partial charge on any atom is 0.123 e. The lowest BCUT2D eigenvalue weighted by Gasteiger charge is -2.54. The number of hydrogen-bond acceptors (Lipinski definition) is 4. The van der Waals surface area contributed by atoms with Crippen molar-refractivity contribution in [2.24, 2.45) is 0 Å². The first-order chi connectivity index (χ1) is 18.5. The van der Waals surface area contributed by atoms with Gasteiger partial charge in [0.2, 0.25) is 0 Å². The van der Waals surface area contributed by atoms with Crippen molar-refractivity contribution in [3.8, 4) is 5.75 Å². The third-order valence-electron chi connectivity index (χ3n) is 8.90. The molecule has 2 unspecified atom stereocenters. The Hall–Kier alpha value is -3.12. The molecule has 3 heterocycles. The molecule has 6 rings (SSSR count). The van der Waals surface area contributed by atoms with Crippen molar-refractivity contribution in [2.45, 2.75) is 56.0 Å². The van der Waals surface area contributed by atoms with Gasteiger partial charge in [-0.3, -0.25) is 0 Å². The van der Waals surface area contributed by atoms with Gasteiger partial charge in [-0.1, -0.05) is 24.3 Å². The van der Waals surface area contributed by atoms with E-state index in [1.807, 2.05) is 24.3 Å². The number of likely N-dealkylation sites (tertiary alicyclic amines) is 1. The molecule has 0 aliphatic carbocycles.